The predicted molar refractivity (Wildman–Crippen MR) is 138 cm³/mol. The second-order valence-electron chi connectivity index (χ2n) is 7.49. The fourth-order valence-electron chi connectivity index (χ4n) is 2.87. The Labute approximate surface area is 204 Å². The third-order valence-corrected chi connectivity index (χ3v) is 6.62. The Morgan fingerprint density at radius 2 is 1.87 bits per heavy atom. The van der Waals surface area contributed by atoms with E-state index in [1.165, 1.54) is 15.3 Å². The van der Waals surface area contributed by atoms with Crippen molar-refractivity contribution in [3.05, 3.63) is 66.5 Å². The predicted octanol–water partition coefficient (Wildman–Crippen LogP) is 6.72. The van der Waals surface area contributed by atoms with Crippen LogP contribution in [0.4, 0.5) is 0 Å². The molecule has 1 aliphatic rings. The summed E-state index contributed by atoms with van der Waals surface area (Å²) in [5.74, 6) is 0.775. The molecule has 1 saturated heterocycles. The monoisotopic (exact) mass is 598 g/mol. The summed E-state index contributed by atoms with van der Waals surface area (Å²) in [4.78, 5) is 20.0. The van der Waals surface area contributed by atoms with Crippen LogP contribution in [0.25, 0.3) is 6.08 Å². The van der Waals surface area contributed by atoms with Gasteiger partial charge in [-0.2, -0.15) is 0 Å². The highest BCUT2D eigenvalue weighted by atomic mass is 127. The minimum atomic E-state index is 0.00422. The standard InChI is InChI=1S/C23H24BrIN2O2S/c1-14(2)26-23-27(15(3)4)22(28)21(30-23)12-17-7-10-20(19(24)11-17)29-13-16-5-8-18(25)9-6-16/h5-12,14-15H,13H2,1-4H3/b21-12+,26-23?. The largest absolute Gasteiger partial charge is 0.488 e. The molecular weight excluding hydrogens is 575 g/mol. The minimum absolute atomic E-state index is 0.00422. The Bertz CT molecular complexity index is 987. The first-order valence-electron chi connectivity index (χ1n) is 9.72. The number of hydrogen-bond acceptors (Lipinski definition) is 4. The molecule has 0 unspecified atom stereocenters. The molecule has 1 fully saturated rings. The fourth-order valence-corrected chi connectivity index (χ4v) is 4.97. The number of carbonyl (C=O) groups is 1. The second kappa shape index (κ2) is 10.3. The molecule has 0 bridgehead atoms. The molecule has 1 amide bonds. The van der Waals surface area contributed by atoms with E-state index >= 15 is 0 Å². The van der Waals surface area contributed by atoms with Gasteiger partial charge in [-0.1, -0.05) is 18.2 Å². The molecule has 2 aromatic carbocycles. The van der Waals surface area contributed by atoms with Crippen molar-refractivity contribution >= 4 is 67.4 Å². The number of halogens is 2. The summed E-state index contributed by atoms with van der Waals surface area (Å²) in [6, 6.07) is 14.3. The first-order chi connectivity index (χ1) is 14.2. The second-order valence-corrected chi connectivity index (χ2v) is 10.6. The number of benzene rings is 2. The maximum Gasteiger partial charge on any atom is 0.266 e. The highest BCUT2D eigenvalue weighted by molar-refractivity contribution is 14.1. The number of carbonyl (C=O) groups excluding carboxylic acids is 1. The number of nitrogens with zero attached hydrogens (tertiary/aromatic N) is 2. The van der Waals surface area contributed by atoms with E-state index in [9.17, 15) is 4.79 Å². The molecule has 158 valence electrons. The van der Waals surface area contributed by atoms with Gasteiger partial charge in [0.15, 0.2) is 5.17 Å². The number of thioether (sulfide) groups is 1. The van der Waals surface area contributed by atoms with Crippen LogP contribution in [0.15, 0.2) is 56.8 Å². The number of amidine groups is 1. The van der Waals surface area contributed by atoms with Crippen LogP contribution in [-0.4, -0.2) is 28.1 Å². The van der Waals surface area contributed by atoms with E-state index in [0.29, 0.717) is 11.5 Å². The van der Waals surface area contributed by atoms with Gasteiger partial charge in [0.05, 0.1) is 9.38 Å². The Morgan fingerprint density at radius 3 is 2.47 bits per heavy atom. The number of hydrogen-bond donors (Lipinski definition) is 0. The van der Waals surface area contributed by atoms with Gasteiger partial charge in [0, 0.05) is 15.7 Å². The Morgan fingerprint density at radius 1 is 1.17 bits per heavy atom. The fraction of sp³-hybridized carbons (Fsp3) is 0.304. The summed E-state index contributed by atoms with van der Waals surface area (Å²) >= 11 is 7.32. The third-order valence-electron chi connectivity index (χ3n) is 4.28. The lowest BCUT2D eigenvalue weighted by molar-refractivity contribution is -0.123. The lowest BCUT2D eigenvalue weighted by Gasteiger charge is -2.20. The lowest BCUT2D eigenvalue weighted by atomic mass is 10.2. The van der Waals surface area contributed by atoms with Crippen molar-refractivity contribution in [2.24, 2.45) is 4.99 Å². The van der Waals surface area contributed by atoms with Crippen LogP contribution in [0.5, 0.6) is 5.75 Å². The van der Waals surface area contributed by atoms with Crippen LogP contribution in [0.3, 0.4) is 0 Å². The van der Waals surface area contributed by atoms with Crippen molar-refractivity contribution in [1.82, 2.24) is 4.90 Å². The van der Waals surface area contributed by atoms with Crippen molar-refractivity contribution in [3.63, 3.8) is 0 Å². The molecule has 0 aliphatic carbocycles. The molecule has 0 radical (unpaired) electrons. The van der Waals surface area contributed by atoms with Crippen LogP contribution in [-0.2, 0) is 11.4 Å². The Hall–Kier alpha value is -1.32. The molecule has 4 nitrogen and oxygen atoms in total. The van der Waals surface area contributed by atoms with E-state index in [1.54, 1.807) is 4.90 Å². The smallest absolute Gasteiger partial charge is 0.266 e. The van der Waals surface area contributed by atoms with Gasteiger partial charge in [-0.3, -0.25) is 14.7 Å². The minimum Gasteiger partial charge on any atom is -0.488 e. The highest BCUT2D eigenvalue weighted by Crippen LogP contribution is 2.35. The summed E-state index contributed by atoms with van der Waals surface area (Å²) < 4.78 is 8.01. The molecule has 3 rings (SSSR count). The number of aliphatic imine (C=N–C) groups is 1. The zero-order valence-corrected chi connectivity index (χ0v) is 21.9. The normalized spacial score (nSPS) is 17.1. The van der Waals surface area contributed by atoms with Gasteiger partial charge in [0.1, 0.15) is 12.4 Å². The zero-order chi connectivity index (χ0) is 21.8. The van der Waals surface area contributed by atoms with Crippen LogP contribution in [0.1, 0.15) is 38.8 Å². The summed E-state index contributed by atoms with van der Waals surface area (Å²) in [6.07, 6.45) is 1.92. The van der Waals surface area contributed by atoms with Crippen LogP contribution in [0, 0.1) is 3.57 Å². The number of rotatable bonds is 6. The van der Waals surface area contributed by atoms with E-state index in [0.717, 1.165) is 26.5 Å². The van der Waals surface area contributed by atoms with E-state index < -0.39 is 0 Å². The maximum absolute atomic E-state index is 12.9. The quantitative estimate of drug-likeness (QED) is 0.274. The van der Waals surface area contributed by atoms with Gasteiger partial charge in [-0.05, 0) is 119 Å². The van der Waals surface area contributed by atoms with Crippen molar-refractivity contribution in [1.29, 1.82) is 0 Å². The van der Waals surface area contributed by atoms with Crippen LogP contribution < -0.4 is 4.74 Å². The molecule has 0 N–H and O–H groups in total. The van der Waals surface area contributed by atoms with Gasteiger partial charge in [0.2, 0.25) is 0 Å². The van der Waals surface area contributed by atoms with Crippen molar-refractivity contribution in [3.8, 4) is 5.75 Å². The van der Waals surface area contributed by atoms with Crippen LogP contribution in [0.2, 0.25) is 0 Å². The Kier molecular flexibility index (Phi) is 8.04. The van der Waals surface area contributed by atoms with Crippen molar-refractivity contribution in [2.45, 2.75) is 46.4 Å². The zero-order valence-electron chi connectivity index (χ0n) is 17.4. The molecule has 0 saturated carbocycles. The molecule has 7 heteroatoms. The molecule has 0 aromatic heterocycles. The summed E-state index contributed by atoms with van der Waals surface area (Å²) in [5, 5.41) is 0.771. The van der Waals surface area contributed by atoms with E-state index in [2.05, 4.69) is 67.8 Å². The first-order valence-corrected chi connectivity index (χ1v) is 12.4. The Balaban J connectivity index is 1.76. The summed E-state index contributed by atoms with van der Waals surface area (Å²) in [6.45, 7) is 8.55. The van der Waals surface area contributed by atoms with E-state index in [-0.39, 0.29) is 18.0 Å². The average molecular weight is 599 g/mol. The highest BCUT2D eigenvalue weighted by Gasteiger charge is 2.35. The van der Waals surface area contributed by atoms with Gasteiger partial charge >= 0.3 is 0 Å². The van der Waals surface area contributed by atoms with E-state index in [1.807, 2.05) is 52.0 Å². The van der Waals surface area contributed by atoms with E-state index in [4.69, 9.17) is 4.74 Å². The van der Waals surface area contributed by atoms with Crippen molar-refractivity contribution < 1.29 is 9.53 Å². The van der Waals surface area contributed by atoms with Crippen LogP contribution >= 0.6 is 50.3 Å². The molecule has 0 atom stereocenters. The topological polar surface area (TPSA) is 41.9 Å². The summed E-state index contributed by atoms with van der Waals surface area (Å²) in [5.41, 5.74) is 2.06. The summed E-state index contributed by atoms with van der Waals surface area (Å²) in [7, 11) is 0. The van der Waals surface area contributed by atoms with Gasteiger partial charge in [0.25, 0.3) is 5.91 Å². The molecule has 1 aliphatic heterocycles. The average Bonchev–Trinajstić information content (AvgIpc) is 2.96. The number of amides is 1. The molecule has 2 aromatic rings. The first kappa shape index (κ1) is 23.3. The SMILES string of the molecule is CC(C)N=C1S/C(=C/c2ccc(OCc3ccc(I)cc3)c(Br)c2)C(=O)N1C(C)C. The molecular formula is C23H24BrIN2O2S. The third kappa shape index (κ3) is 5.88. The molecule has 0 spiro atoms. The van der Waals surface area contributed by atoms with Gasteiger partial charge < -0.3 is 4.74 Å². The van der Waals surface area contributed by atoms with Gasteiger partial charge in [-0.15, -0.1) is 0 Å². The van der Waals surface area contributed by atoms with Gasteiger partial charge in [-0.25, -0.2) is 0 Å². The van der Waals surface area contributed by atoms with Crippen molar-refractivity contribution in [2.75, 3.05) is 0 Å². The number of ether oxygens (including phenoxy) is 1. The molecule has 30 heavy (non-hydrogen) atoms. The lowest BCUT2D eigenvalue weighted by Crippen LogP contribution is -2.35. The molecule has 1 heterocycles. The maximum atomic E-state index is 12.9.